The zero-order valence-electron chi connectivity index (χ0n) is 16.9. The number of aromatic amines is 1. The van der Waals surface area contributed by atoms with Crippen LogP contribution in [0.1, 0.15) is 19.0 Å². The summed E-state index contributed by atoms with van der Waals surface area (Å²) in [6, 6.07) is 0. The Kier molecular flexibility index (Phi) is 7.69. The number of hydrogen-bond donors (Lipinski definition) is 7. The largest absolute Gasteiger partial charge is 0.490 e. The van der Waals surface area contributed by atoms with Gasteiger partial charge in [-0.2, -0.15) is 8.62 Å². The third-order valence-electron chi connectivity index (χ3n) is 4.43. The van der Waals surface area contributed by atoms with Crippen LogP contribution in [-0.2, 0) is 31.6 Å². The summed E-state index contributed by atoms with van der Waals surface area (Å²) in [7, 11) is -16.8. The van der Waals surface area contributed by atoms with Gasteiger partial charge in [0.15, 0.2) is 21.2 Å². The highest BCUT2D eigenvalue weighted by Gasteiger charge is 2.55. The number of rotatable bonds is 8. The Labute approximate surface area is 202 Å². The number of phosphoric ester groups is 1. The van der Waals surface area contributed by atoms with E-state index in [1.807, 2.05) is 0 Å². The van der Waals surface area contributed by atoms with Crippen molar-refractivity contribution in [1.29, 1.82) is 0 Å². The molecular weight excluding hydrogens is 644 g/mol. The van der Waals surface area contributed by atoms with Crippen LogP contribution in [0.5, 0.6) is 0 Å². The Morgan fingerprint density at radius 3 is 2.38 bits per heavy atom. The van der Waals surface area contributed by atoms with Gasteiger partial charge in [0, 0.05) is 22.6 Å². The second-order valence-corrected chi connectivity index (χ2v) is 12.5. The minimum atomic E-state index is -5.74. The van der Waals surface area contributed by atoms with Crippen molar-refractivity contribution < 1.29 is 61.4 Å². The maximum atomic E-state index is 12.2. The van der Waals surface area contributed by atoms with Gasteiger partial charge in [0.1, 0.15) is 23.6 Å². The normalized spacial score (nSPS) is 29.3. The topological polar surface area (TPSA) is 273 Å². The Morgan fingerprint density at radius 2 is 1.79 bits per heavy atom. The molecule has 0 amide bonds. The number of aliphatic hydroxyl groups excluding tert-OH is 1. The molecule has 22 heteroatoms. The number of aromatic nitrogens is 4. The number of imidazole rings is 1. The molecule has 0 saturated carbocycles. The van der Waals surface area contributed by atoms with E-state index < -0.39 is 59.7 Å². The Bertz CT molecular complexity index is 1300. The summed E-state index contributed by atoms with van der Waals surface area (Å²) in [5.74, 6) is 0.220. The molecule has 34 heavy (non-hydrogen) atoms. The number of halogens is 1. The maximum Gasteiger partial charge on any atom is 0.490 e. The van der Waals surface area contributed by atoms with Crippen molar-refractivity contribution in [3.63, 3.8) is 0 Å². The predicted molar refractivity (Wildman–Crippen MR) is 116 cm³/mol. The first-order chi connectivity index (χ1) is 15.3. The van der Waals surface area contributed by atoms with Crippen LogP contribution in [0.2, 0.25) is 0 Å². The predicted octanol–water partition coefficient (Wildman–Crippen LogP) is -0.615. The molecular formula is C12H18IN4O14P3. The van der Waals surface area contributed by atoms with Crippen molar-refractivity contribution in [3.05, 3.63) is 20.0 Å². The highest BCUT2D eigenvalue weighted by atomic mass is 127. The van der Waals surface area contributed by atoms with Crippen molar-refractivity contribution >= 4 is 57.2 Å². The minimum Gasteiger partial charge on any atom is -0.387 e. The van der Waals surface area contributed by atoms with Crippen molar-refractivity contribution in [2.75, 3.05) is 6.61 Å². The van der Waals surface area contributed by atoms with E-state index in [4.69, 9.17) is 14.5 Å². The van der Waals surface area contributed by atoms with Crippen LogP contribution in [0, 0.1) is 10.8 Å². The molecule has 3 unspecified atom stereocenters. The van der Waals surface area contributed by atoms with Crippen LogP contribution in [0.25, 0.3) is 11.2 Å². The van der Waals surface area contributed by atoms with E-state index in [1.165, 1.54) is 11.5 Å². The molecule has 0 bridgehead atoms. The Balaban J connectivity index is 1.83. The van der Waals surface area contributed by atoms with E-state index in [9.17, 15) is 38.5 Å². The summed E-state index contributed by atoms with van der Waals surface area (Å²) in [4.78, 5) is 58.7. The van der Waals surface area contributed by atoms with E-state index in [2.05, 4.69) is 28.1 Å². The fourth-order valence-corrected chi connectivity index (χ4v) is 6.85. The van der Waals surface area contributed by atoms with Gasteiger partial charge in [0.25, 0.3) is 5.56 Å². The van der Waals surface area contributed by atoms with Crippen LogP contribution in [-0.4, -0.2) is 73.7 Å². The van der Waals surface area contributed by atoms with Crippen LogP contribution in [0.15, 0.2) is 4.79 Å². The smallest absolute Gasteiger partial charge is 0.387 e. The second-order valence-electron chi connectivity index (χ2n) is 7.16. The molecule has 1 aliphatic rings. The highest BCUT2D eigenvalue weighted by Crippen LogP contribution is 2.66. The van der Waals surface area contributed by atoms with E-state index in [1.54, 1.807) is 22.6 Å². The number of aliphatic hydroxyl groups is 2. The lowest BCUT2D eigenvalue weighted by molar-refractivity contribution is -0.0960. The summed E-state index contributed by atoms with van der Waals surface area (Å²) in [5, 5.41) is 21.4. The van der Waals surface area contributed by atoms with Crippen molar-refractivity contribution in [2.24, 2.45) is 0 Å². The zero-order valence-corrected chi connectivity index (χ0v) is 21.8. The first kappa shape index (κ1) is 27.9. The number of nitrogens with one attached hydrogen (secondary N) is 1. The fraction of sp³-hybridized carbons (Fsp3) is 0.583. The monoisotopic (exact) mass is 662 g/mol. The lowest BCUT2D eigenvalue weighted by Gasteiger charge is -2.27. The summed E-state index contributed by atoms with van der Waals surface area (Å²) in [6.07, 6.45) is -4.75. The van der Waals surface area contributed by atoms with Crippen LogP contribution in [0.3, 0.4) is 0 Å². The maximum absolute atomic E-state index is 12.2. The first-order valence-electron chi connectivity index (χ1n) is 8.81. The van der Waals surface area contributed by atoms with Gasteiger partial charge in [-0.1, -0.05) is 0 Å². The first-order valence-corrected chi connectivity index (χ1v) is 14.4. The lowest BCUT2D eigenvalue weighted by Crippen LogP contribution is -2.44. The average molecular weight is 662 g/mol. The summed E-state index contributed by atoms with van der Waals surface area (Å²) in [5.41, 5.74) is -2.73. The third kappa shape index (κ3) is 6.01. The molecule has 0 aliphatic carbocycles. The van der Waals surface area contributed by atoms with Gasteiger partial charge >= 0.3 is 23.5 Å². The molecule has 3 heterocycles. The zero-order chi connectivity index (χ0) is 25.9. The molecule has 192 valence electrons. The average Bonchev–Trinajstić information content (AvgIpc) is 3.04. The standard InChI is InChI=1S/C12H18IN4O14P3/c1-4-14-8-6(9(19)15-4)16-11(13)17(8)10-12(2,20)7(18)5(29-10)3-28-33(24,25)31-34(26,27)30-32(21,22)23/h5,7,10,18,20H,3H2,1-2H3,(H,24,25)(H,26,27)(H,14,15,19)(H2,21,22,23)/t5-,7-,10?,12-/m1/s1. The molecule has 0 spiro atoms. The van der Waals surface area contributed by atoms with Crippen molar-refractivity contribution in [1.82, 2.24) is 19.5 Å². The van der Waals surface area contributed by atoms with E-state index in [0.717, 1.165) is 6.92 Å². The van der Waals surface area contributed by atoms with Crippen LogP contribution in [0.4, 0.5) is 0 Å². The SMILES string of the molecule is Cc1nc2c(nc(I)n2C2O[C@H](COP(=O)(O)OP(=O)(O)OP(=O)(O)O)[C@@H](O)[C@@]2(C)O)c(=O)[nH]1. The number of H-pyrrole nitrogens is 1. The molecule has 18 nitrogen and oxygen atoms in total. The van der Waals surface area contributed by atoms with E-state index in [-0.39, 0.29) is 20.8 Å². The molecule has 1 fully saturated rings. The fourth-order valence-electron chi connectivity index (χ4n) is 3.10. The van der Waals surface area contributed by atoms with Crippen molar-refractivity contribution in [3.8, 4) is 0 Å². The molecule has 3 rings (SSSR count). The second kappa shape index (κ2) is 9.35. The van der Waals surface area contributed by atoms with E-state index in [0.29, 0.717) is 0 Å². The molecule has 6 atom stereocenters. The summed E-state index contributed by atoms with van der Waals surface area (Å²) >= 11 is 1.74. The highest BCUT2D eigenvalue weighted by molar-refractivity contribution is 14.1. The molecule has 2 aromatic heterocycles. The summed E-state index contributed by atoms with van der Waals surface area (Å²) < 4.78 is 52.7. The molecule has 2 aromatic rings. The summed E-state index contributed by atoms with van der Waals surface area (Å²) in [6.45, 7) is 1.65. The van der Waals surface area contributed by atoms with Gasteiger partial charge in [-0.3, -0.25) is 13.9 Å². The Morgan fingerprint density at radius 1 is 1.18 bits per heavy atom. The van der Waals surface area contributed by atoms with Crippen LogP contribution >= 0.6 is 46.1 Å². The van der Waals surface area contributed by atoms with Crippen molar-refractivity contribution in [2.45, 2.75) is 37.9 Å². The van der Waals surface area contributed by atoms with Gasteiger partial charge in [-0.15, -0.1) is 0 Å². The number of aryl methyl sites for hydroxylation is 1. The Hall–Kier alpha value is -0.630. The van der Waals surface area contributed by atoms with Gasteiger partial charge in [0.05, 0.1) is 6.61 Å². The minimum absolute atomic E-state index is 0.0108. The number of fused-ring (bicyclic) bond motifs is 1. The number of ether oxygens (including phenoxy) is 1. The number of phosphoric acid groups is 3. The molecule has 0 radical (unpaired) electrons. The number of hydrogen-bond acceptors (Lipinski definition) is 12. The van der Waals surface area contributed by atoms with Gasteiger partial charge < -0.3 is 39.5 Å². The van der Waals surface area contributed by atoms with Gasteiger partial charge in [-0.25, -0.2) is 23.7 Å². The third-order valence-corrected chi connectivity index (χ3v) is 9.00. The van der Waals surface area contributed by atoms with Crippen LogP contribution < -0.4 is 5.56 Å². The number of nitrogens with zero attached hydrogens (tertiary/aromatic N) is 3. The molecule has 0 aromatic carbocycles. The molecule has 1 saturated heterocycles. The van der Waals surface area contributed by atoms with E-state index >= 15 is 0 Å². The van der Waals surface area contributed by atoms with Gasteiger partial charge in [0.2, 0.25) is 0 Å². The quantitative estimate of drug-likeness (QED) is 0.105. The molecule has 1 aliphatic heterocycles. The van der Waals surface area contributed by atoms with Gasteiger partial charge in [-0.05, 0) is 13.8 Å². The molecule has 7 N–H and O–H groups in total. The lowest BCUT2D eigenvalue weighted by atomic mass is 9.96.